The predicted octanol–water partition coefficient (Wildman–Crippen LogP) is 5.29. The summed E-state index contributed by atoms with van der Waals surface area (Å²) in [6, 6.07) is 21.5. The van der Waals surface area contributed by atoms with Crippen LogP contribution in [0.1, 0.15) is 37.0 Å². The standard InChI is InChI=1S/C29H32ClN3O4/c1-20(2)15-27(32-28(34)19-37-26-13-9-24(30)10-14-26)29(35)33-31-17-22-7-11-25(12-8-22)36-18-23-6-4-5-21(3)16-23/h4-14,16-17,20,27H,15,18-19H2,1-3H3,(H,32,34)(H,33,35)/b31-17-/t27-/m1/s1. The van der Waals surface area contributed by atoms with Crippen molar-refractivity contribution in [3.05, 3.63) is 94.5 Å². The van der Waals surface area contributed by atoms with Gasteiger partial charge in [-0.2, -0.15) is 5.10 Å². The number of nitrogens with zero attached hydrogens (tertiary/aromatic N) is 1. The molecule has 0 spiro atoms. The third kappa shape index (κ3) is 9.97. The summed E-state index contributed by atoms with van der Waals surface area (Å²) in [4.78, 5) is 25.1. The van der Waals surface area contributed by atoms with Gasteiger partial charge in [0.1, 0.15) is 24.1 Å². The van der Waals surface area contributed by atoms with Gasteiger partial charge in [-0.1, -0.05) is 55.3 Å². The third-order valence-corrected chi connectivity index (χ3v) is 5.55. The van der Waals surface area contributed by atoms with Gasteiger partial charge in [-0.05, 0) is 78.9 Å². The van der Waals surface area contributed by atoms with E-state index in [4.69, 9.17) is 21.1 Å². The van der Waals surface area contributed by atoms with Crippen LogP contribution < -0.4 is 20.2 Å². The van der Waals surface area contributed by atoms with Gasteiger partial charge in [0.25, 0.3) is 11.8 Å². The van der Waals surface area contributed by atoms with Crippen LogP contribution in [0, 0.1) is 12.8 Å². The number of aryl methyl sites for hydroxylation is 1. The van der Waals surface area contributed by atoms with E-state index < -0.39 is 17.9 Å². The second-order valence-electron chi connectivity index (χ2n) is 9.07. The zero-order chi connectivity index (χ0) is 26.6. The number of hydrogen-bond donors (Lipinski definition) is 2. The van der Waals surface area contributed by atoms with Gasteiger partial charge in [0, 0.05) is 5.02 Å². The first kappa shape index (κ1) is 27.7. The van der Waals surface area contributed by atoms with Crippen LogP contribution in [-0.2, 0) is 16.2 Å². The Labute approximate surface area is 222 Å². The first-order chi connectivity index (χ1) is 17.8. The molecule has 0 saturated carbocycles. The molecule has 0 aliphatic carbocycles. The van der Waals surface area contributed by atoms with E-state index in [0.717, 1.165) is 16.9 Å². The Morgan fingerprint density at radius 2 is 1.65 bits per heavy atom. The number of hydrazone groups is 1. The number of rotatable bonds is 12. The van der Waals surface area contributed by atoms with E-state index in [1.54, 1.807) is 30.5 Å². The SMILES string of the molecule is Cc1cccc(COc2ccc(/C=N\NC(=O)[C@@H](CC(C)C)NC(=O)COc3ccc(Cl)cc3)cc2)c1. The topological polar surface area (TPSA) is 89.0 Å². The first-order valence-electron chi connectivity index (χ1n) is 12.1. The van der Waals surface area contributed by atoms with E-state index in [2.05, 4.69) is 21.9 Å². The molecule has 2 N–H and O–H groups in total. The number of amides is 2. The summed E-state index contributed by atoms with van der Waals surface area (Å²) in [6.07, 6.45) is 2.00. The summed E-state index contributed by atoms with van der Waals surface area (Å²) in [7, 11) is 0. The van der Waals surface area contributed by atoms with E-state index in [-0.39, 0.29) is 12.5 Å². The summed E-state index contributed by atoms with van der Waals surface area (Å²) >= 11 is 5.86. The maximum absolute atomic E-state index is 12.7. The quantitative estimate of drug-likeness (QED) is 0.250. The van der Waals surface area contributed by atoms with Crippen LogP contribution in [-0.4, -0.2) is 30.7 Å². The number of ether oxygens (including phenoxy) is 2. The molecule has 2 amide bonds. The fraction of sp³-hybridized carbons (Fsp3) is 0.276. The third-order valence-electron chi connectivity index (χ3n) is 5.30. The summed E-state index contributed by atoms with van der Waals surface area (Å²) in [6.45, 7) is 6.27. The Bertz CT molecular complexity index is 1190. The molecule has 3 aromatic rings. The molecular formula is C29H32ClN3O4. The summed E-state index contributed by atoms with van der Waals surface area (Å²) in [5.41, 5.74) is 5.61. The van der Waals surface area contributed by atoms with Crippen molar-refractivity contribution in [2.45, 2.75) is 39.8 Å². The maximum atomic E-state index is 12.7. The molecular weight excluding hydrogens is 490 g/mol. The van der Waals surface area contributed by atoms with E-state index in [9.17, 15) is 9.59 Å². The van der Waals surface area contributed by atoms with E-state index in [1.807, 2.05) is 63.2 Å². The Kier molecular flexibility index (Phi) is 10.5. The molecule has 3 aromatic carbocycles. The second kappa shape index (κ2) is 14.0. The monoisotopic (exact) mass is 521 g/mol. The highest BCUT2D eigenvalue weighted by atomic mass is 35.5. The molecule has 0 fully saturated rings. The fourth-order valence-electron chi connectivity index (χ4n) is 3.49. The molecule has 0 unspecified atom stereocenters. The lowest BCUT2D eigenvalue weighted by Crippen LogP contribution is -2.47. The summed E-state index contributed by atoms with van der Waals surface area (Å²) in [5, 5.41) is 7.35. The highest BCUT2D eigenvalue weighted by molar-refractivity contribution is 6.30. The van der Waals surface area contributed by atoms with Gasteiger partial charge in [0.2, 0.25) is 0 Å². The molecule has 7 nitrogen and oxygen atoms in total. The lowest BCUT2D eigenvalue weighted by atomic mass is 10.0. The molecule has 0 aliphatic heterocycles. The maximum Gasteiger partial charge on any atom is 0.262 e. The molecule has 0 heterocycles. The zero-order valence-electron chi connectivity index (χ0n) is 21.2. The highest BCUT2D eigenvalue weighted by Gasteiger charge is 2.22. The Morgan fingerprint density at radius 3 is 2.32 bits per heavy atom. The lowest BCUT2D eigenvalue weighted by molar-refractivity contribution is -0.130. The van der Waals surface area contributed by atoms with Crippen molar-refractivity contribution in [1.82, 2.24) is 10.7 Å². The van der Waals surface area contributed by atoms with Crippen molar-refractivity contribution in [2.75, 3.05) is 6.61 Å². The first-order valence-corrected chi connectivity index (χ1v) is 12.5. The van der Waals surface area contributed by atoms with E-state index in [0.29, 0.717) is 23.8 Å². The largest absolute Gasteiger partial charge is 0.489 e. The molecule has 1 atom stereocenters. The number of carbonyl (C=O) groups is 2. The van der Waals surface area contributed by atoms with Gasteiger partial charge in [0.15, 0.2) is 6.61 Å². The fourth-order valence-corrected chi connectivity index (χ4v) is 3.61. The van der Waals surface area contributed by atoms with Crippen LogP contribution in [0.4, 0.5) is 0 Å². The zero-order valence-corrected chi connectivity index (χ0v) is 22.0. The van der Waals surface area contributed by atoms with Crippen molar-refractivity contribution < 1.29 is 19.1 Å². The van der Waals surface area contributed by atoms with Crippen molar-refractivity contribution in [3.63, 3.8) is 0 Å². The van der Waals surface area contributed by atoms with Crippen LogP contribution in [0.5, 0.6) is 11.5 Å². The predicted molar refractivity (Wildman–Crippen MR) is 146 cm³/mol. The van der Waals surface area contributed by atoms with Crippen molar-refractivity contribution in [2.24, 2.45) is 11.0 Å². The normalized spacial score (nSPS) is 11.8. The number of nitrogens with one attached hydrogen (secondary N) is 2. The molecule has 0 bridgehead atoms. The smallest absolute Gasteiger partial charge is 0.262 e. The highest BCUT2D eigenvalue weighted by Crippen LogP contribution is 2.16. The van der Waals surface area contributed by atoms with Gasteiger partial charge < -0.3 is 14.8 Å². The van der Waals surface area contributed by atoms with Crippen LogP contribution in [0.15, 0.2) is 77.9 Å². The average molecular weight is 522 g/mol. The minimum atomic E-state index is -0.740. The molecule has 37 heavy (non-hydrogen) atoms. The molecule has 0 aromatic heterocycles. The minimum absolute atomic E-state index is 0.185. The molecule has 3 rings (SSSR count). The lowest BCUT2D eigenvalue weighted by Gasteiger charge is -2.19. The summed E-state index contributed by atoms with van der Waals surface area (Å²) in [5.74, 6) is 0.636. The number of halogens is 1. The Balaban J connectivity index is 1.48. The average Bonchev–Trinajstić information content (AvgIpc) is 2.87. The van der Waals surface area contributed by atoms with Crippen molar-refractivity contribution in [3.8, 4) is 11.5 Å². The van der Waals surface area contributed by atoms with Gasteiger partial charge in [-0.15, -0.1) is 0 Å². The molecule has 0 aliphatic rings. The second-order valence-corrected chi connectivity index (χ2v) is 9.51. The molecule has 8 heteroatoms. The van der Waals surface area contributed by atoms with Gasteiger partial charge in [-0.25, -0.2) is 5.43 Å². The Morgan fingerprint density at radius 1 is 0.973 bits per heavy atom. The minimum Gasteiger partial charge on any atom is -0.489 e. The Hall–Kier alpha value is -3.84. The van der Waals surface area contributed by atoms with Crippen LogP contribution >= 0.6 is 11.6 Å². The van der Waals surface area contributed by atoms with Gasteiger partial charge in [-0.3, -0.25) is 9.59 Å². The summed E-state index contributed by atoms with van der Waals surface area (Å²) < 4.78 is 11.3. The molecule has 0 saturated heterocycles. The van der Waals surface area contributed by atoms with Gasteiger partial charge in [0.05, 0.1) is 6.21 Å². The molecule has 0 radical (unpaired) electrons. The van der Waals surface area contributed by atoms with Crippen molar-refractivity contribution in [1.29, 1.82) is 0 Å². The van der Waals surface area contributed by atoms with E-state index >= 15 is 0 Å². The number of benzene rings is 3. The van der Waals surface area contributed by atoms with Crippen LogP contribution in [0.2, 0.25) is 5.02 Å². The van der Waals surface area contributed by atoms with E-state index in [1.165, 1.54) is 5.56 Å². The van der Waals surface area contributed by atoms with Crippen molar-refractivity contribution >= 4 is 29.6 Å². The van der Waals surface area contributed by atoms with Gasteiger partial charge >= 0.3 is 0 Å². The van der Waals surface area contributed by atoms with Crippen LogP contribution in [0.3, 0.4) is 0 Å². The number of hydrogen-bond acceptors (Lipinski definition) is 5. The van der Waals surface area contributed by atoms with Crippen LogP contribution in [0.25, 0.3) is 0 Å². The number of carbonyl (C=O) groups excluding carboxylic acids is 2. The molecule has 194 valence electrons.